The minimum absolute atomic E-state index is 0.151. The smallest absolute Gasteiger partial charge is 0.290 e. The van der Waals surface area contributed by atoms with Gasteiger partial charge in [0.2, 0.25) is 15.8 Å². The van der Waals surface area contributed by atoms with Crippen LogP contribution in [-0.4, -0.2) is 19.5 Å². The van der Waals surface area contributed by atoms with E-state index in [2.05, 4.69) is 10.5 Å². The van der Waals surface area contributed by atoms with Crippen molar-refractivity contribution in [2.45, 2.75) is 19.2 Å². The van der Waals surface area contributed by atoms with E-state index in [0.717, 1.165) is 5.56 Å². The number of sulfonamides is 1. The van der Waals surface area contributed by atoms with Crippen molar-refractivity contribution in [2.75, 3.05) is 0 Å². The van der Waals surface area contributed by atoms with Crippen LogP contribution in [0.5, 0.6) is 0 Å². The number of aryl methyl sites for hydroxylation is 1. The molecule has 0 aliphatic carbocycles. The Morgan fingerprint density at radius 1 is 1.29 bits per heavy atom. The van der Waals surface area contributed by atoms with Gasteiger partial charge in [-0.15, -0.1) is 0 Å². The fraction of sp³-hybridized carbons (Fsp3) is 0.231. The highest BCUT2D eigenvalue weighted by Crippen LogP contribution is 2.08. The molecule has 0 aliphatic heterocycles. The van der Waals surface area contributed by atoms with E-state index >= 15 is 0 Å². The number of primary sulfonamides is 1. The lowest BCUT2D eigenvalue weighted by Crippen LogP contribution is -2.22. The molecule has 1 aromatic carbocycles. The van der Waals surface area contributed by atoms with Gasteiger partial charge in [-0.3, -0.25) is 4.79 Å². The molecule has 0 radical (unpaired) electrons. The predicted molar refractivity (Wildman–Crippen MR) is 75.7 cm³/mol. The second kappa shape index (κ2) is 6.06. The first-order valence-electron chi connectivity index (χ1n) is 6.13. The third-order valence-electron chi connectivity index (χ3n) is 2.70. The van der Waals surface area contributed by atoms with Gasteiger partial charge in [0.15, 0.2) is 0 Å². The third kappa shape index (κ3) is 4.69. The van der Waals surface area contributed by atoms with Gasteiger partial charge in [0, 0.05) is 12.6 Å². The van der Waals surface area contributed by atoms with Crippen LogP contribution < -0.4 is 10.5 Å². The van der Waals surface area contributed by atoms with Crippen molar-refractivity contribution >= 4 is 15.9 Å². The molecule has 1 amide bonds. The maximum absolute atomic E-state index is 11.7. The van der Waals surface area contributed by atoms with Gasteiger partial charge < -0.3 is 9.84 Å². The van der Waals surface area contributed by atoms with Crippen LogP contribution in [0, 0.1) is 6.92 Å². The van der Waals surface area contributed by atoms with Gasteiger partial charge in [-0.05, 0) is 18.1 Å². The van der Waals surface area contributed by atoms with Crippen molar-refractivity contribution in [3.05, 3.63) is 52.9 Å². The molecule has 0 saturated carbocycles. The molecule has 2 rings (SSSR count). The zero-order chi connectivity index (χ0) is 15.5. The van der Waals surface area contributed by atoms with Crippen LogP contribution >= 0.6 is 0 Å². The second-order valence-electron chi connectivity index (χ2n) is 4.64. The Labute approximate surface area is 122 Å². The largest absolute Gasteiger partial charge is 0.351 e. The minimum atomic E-state index is -3.54. The summed E-state index contributed by atoms with van der Waals surface area (Å²) in [7, 11) is -3.54. The molecular formula is C13H15N3O4S. The number of nitrogens with one attached hydrogen (secondary N) is 1. The summed E-state index contributed by atoms with van der Waals surface area (Å²) in [6, 6.07) is 8.32. The van der Waals surface area contributed by atoms with Gasteiger partial charge in [0.25, 0.3) is 5.91 Å². The van der Waals surface area contributed by atoms with Crippen LogP contribution in [0.1, 0.15) is 27.4 Å². The molecule has 3 N–H and O–H groups in total. The summed E-state index contributed by atoms with van der Waals surface area (Å²) in [6.07, 6.45) is 0. The van der Waals surface area contributed by atoms with Gasteiger partial charge in [-0.2, -0.15) is 0 Å². The average Bonchev–Trinajstić information content (AvgIpc) is 2.82. The maximum Gasteiger partial charge on any atom is 0.290 e. The van der Waals surface area contributed by atoms with Gasteiger partial charge in [0.05, 0.1) is 11.4 Å². The van der Waals surface area contributed by atoms with Crippen molar-refractivity contribution in [3.63, 3.8) is 0 Å². The lowest BCUT2D eigenvalue weighted by Gasteiger charge is -2.04. The number of nitrogens with two attached hydrogens (primary N) is 1. The Morgan fingerprint density at radius 3 is 2.43 bits per heavy atom. The lowest BCUT2D eigenvalue weighted by atomic mass is 10.1. The first kappa shape index (κ1) is 15.2. The molecule has 2 aromatic rings. The number of carbonyl (C=O) groups is 1. The van der Waals surface area contributed by atoms with E-state index in [-0.39, 0.29) is 17.4 Å². The average molecular weight is 309 g/mol. The zero-order valence-electron chi connectivity index (χ0n) is 11.4. The number of hydrogen-bond donors (Lipinski definition) is 2. The highest BCUT2D eigenvalue weighted by molar-refractivity contribution is 7.88. The van der Waals surface area contributed by atoms with E-state index in [1.165, 1.54) is 0 Å². The Morgan fingerprint density at radius 2 is 1.90 bits per heavy atom. The number of rotatable bonds is 5. The maximum atomic E-state index is 11.7. The van der Waals surface area contributed by atoms with Crippen LogP contribution in [0.4, 0.5) is 0 Å². The number of aromatic nitrogens is 1. The fourth-order valence-electron chi connectivity index (χ4n) is 1.73. The Bertz CT molecular complexity index is 735. The molecule has 1 aromatic heterocycles. The van der Waals surface area contributed by atoms with E-state index < -0.39 is 10.0 Å². The van der Waals surface area contributed by atoms with Crippen molar-refractivity contribution in [1.82, 2.24) is 10.5 Å². The summed E-state index contributed by atoms with van der Waals surface area (Å²) < 4.78 is 26.8. The zero-order valence-corrected chi connectivity index (χ0v) is 12.2. The quantitative estimate of drug-likeness (QED) is 0.843. The highest BCUT2D eigenvalue weighted by atomic mass is 32.2. The van der Waals surface area contributed by atoms with E-state index in [9.17, 15) is 13.2 Å². The van der Waals surface area contributed by atoms with E-state index in [4.69, 9.17) is 9.66 Å². The topological polar surface area (TPSA) is 115 Å². The van der Waals surface area contributed by atoms with Crippen LogP contribution in [0.3, 0.4) is 0 Å². The monoisotopic (exact) mass is 309 g/mol. The summed E-state index contributed by atoms with van der Waals surface area (Å²) in [5, 5.41) is 11.3. The van der Waals surface area contributed by atoms with Crippen LogP contribution in [-0.2, 0) is 22.3 Å². The lowest BCUT2D eigenvalue weighted by molar-refractivity contribution is 0.0914. The van der Waals surface area contributed by atoms with E-state index in [1.54, 1.807) is 37.3 Å². The Hall–Kier alpha value is -2.19. The first-order chi connectivity index (χ1) is 9.83. The summed E-state index contributed by atoms with van der Waals surface area (Å²) >= 11 is 0. The van der Waals surface area contributed by atoms with Gasteiger partial charge in [-0.1, -0.05) is 29.4 Å². The first-order valence-corrected chi connectivity index (χ1v) is 7.85. The van der Waals surface area contributed by atoms with Crippen LogP contribution in [0.25, 0.3) is 0 Å². The van der Waals surface area contributed by atoms with Crippen molar-refractivity contribution < 1.29 is 17.7 Å². The fourth-order valence-corrected chi connectivity index (χ4v) is 2.38. The van der Waals surface area contributed by atoms with Crippen molar-refractivity contribution in [1.29, 1.82) is 0 Å². The summed E-state index contributed by atoms with van der Waals surface area (Å²) in [5.41, 5.74) is 2.06. The standard InChI is InChI=1S/C13H15N3O4S/c1-9-6-12(20-16-9)13(17)15-7-10-2-4-11(5-3-10)8-21(14,18)19/h2-6H,7-8H2,1H3,(H,15,17)(H2,14,18,19). The molecule has 0 fully saturated rings. The number of benzene rings is 1. The molecule has 0 aliphatic rings. The van der Waals surface area contributed by atoms with Crippen molar-refractivity contribution in [3.8, 4) is 0 Å². The van der Waals surface area contributed by atoms with Crippen LogP contribution in [0.15, 0.2) is 34.9 Å². The molecule has 0 atom stereocenters. The van der Waals surface area contributed by atoms with E-state index in [1.807, 2.05) is 0 Å². The summed E-state index contributed by atoms with van der Waals surface area (Å²) in [4.78, 5) is 11.7. The number of hydrogen-bond acceptors (Lipinski definition) is 5. The number of amides is 1. The summed E-state index contributed by atoms with van der Waals surface area (Å²) in [6.45, 7) is 2.03. The van der Waals surface area contributed by atoms with Gasteiger partial charge in [0.1, 0.15) is 0 Å². The van der Waals surface area contributed by atoms with Gasteiger partial charge >= 0.3 is 0 Å². The molecule has 0 unspecified atom stereocenters. The molecule has 0 bridgehead atoms. The molecule has 7 nitrogen and oxygen atoms in total. The molecular weight excluding hydrogens is 294 g/mol. The van der Waals surface area contributed by atoms with Crippen LogP contribution in [0.2, 0.25) is 0 Å². The molecule has 0 saturated heterocycles. The minimum Gasteiger partial charge on any atom is -0.351 e. The molecule has 8 heteroatoms. The highest BCUT2D eigenvalue weighted by Gasteiger charge is 2.11. The SMILES string of the molecule is Cc1cc(C(=O)NCc2ccc(CS(N)(=O)=O)cc2)on1. The Kier molecular flexibility index (Phi) is 4.39. The number of nitrogens with zero attached hydrogens (tertiary/aromatic N) is 1. The molecule has 21 heavy (non-hydrogen) atoms. The van der Waals surface area contributed by atoms with E-state index in [0.29, 0.717) is 17.8 Å². The van der Waals surface area contributed by atoms with Crippen molar-refractivity contribution in [2.24, 2.45) is 5.14 Å². The molecule has 1 heterocycles. The second-order valence-corrected chi connectivity index (χ2v) is 6.25. The third-order valence-corrected chi connectivity index (χ3v) is 3.43. The number of carbonyl (C=O) groups excluding carboxylic acids is 1. The molecule has 0 spiro atoms. The normalized spacial score (nSPS) is 11.3. The molecule has 112 valence electrons. The summed E-state index contributed by atoms with van der Waals surface area (Å²) in [5.74, 6) is -0.417. The predicted octanol–water partition coefficient (Wildman–Crippen LogP) is 0.702. The Balaban J connectivity index is 1.93. The van der Waals surface area contributed by atoms with Gasteiger partial charge in [-0.25, -0.2) is 13.6 Å².